The molecule has 0 fully saturated rings. The van der Waals surface area contributed by atoms with Gasteiger partial charge >= 0.3 is 0 Å². The summed E-state index contributed by atoms with van der Waals surface area (Å²) in [5.74, 6) is 0.474. The Bertz CT molecular complexity index is 2540. The Hall–Kier alpha value is -6.12. The fourth-order valence-corrected chi connectivity index (χ4v) is 7.76. The Balaban J connectivity index is 1.29. The van der Waals surface area contributed by atoms with Crippen molar-refractivity contribution in [3.05, 3.63) is 187 Å². The highest BCUT2D eigenvalue weighted by molar-refractivity contribution is 6.16. The molecule has 0 bridgehead atoms. The van der Waals surface area contributed by atoms with Crippen LogP contribution in [-0.4, -0.2) is 9.97 Å². The number of rotatable bonds is 5. The van der Waals surface area contributed by atoms with Crippen molar-refractivity contribution in [2.45, 2.75) is 12.8 Å². The second kappa shape index (κ2) is 12.2. The van der Waals surface area contributed by atoms with Crippen LogP contribution in [0.4, 0.5) is 0 Å². The summed E-state index contributed by atoms with van der Waals surface area (Å²) in [6.45, 7) is 2.34. The van der Waals surface area contributed by atoms with Gasteiger partial charge in [-0.05, 0) is 102 Å². The molecule has 49 heavy (non-hydrogen) atoms. The molecule has 2 heterocycles. The van der Waals surface area contributed by atoms with E-state index in [1.807, 2.05) is 30.6 Å². The minimum atomic E-state index is 0.197. The Morgan fingerprint density at radius 2 is 1.12 bits per heavy atom. The van der Waals surface area contributed by atoms with Crippen LogP contribution in [0.1, 0.15) is 24.1 Å². The second-order valence-electron chi connectivity index (χ2n) is 13.0. The van der Waals surface area contributed by atoms with Gasteiger partial charge in [-0.25, -0.2) is 0 Å². The monoisotopic (exact) mass is 626 g/mol. The van der Waals surface area contributed by atoms with Gasteiger partial charge in [-0.3, -0.25) is 9.97 Å². The smallest absolute Gasteiger partial charge is 0.0701 e. The minimum absolute atomic E-state index is 0.197. The quantitative estimate of drug-likeness (QED) is 0.178. The van der Waals surface area contributed by atoms with E-state index in [2.05, 4.69) is 163 Å². The average molecular weight is 627 g/mol. The molecule has 0 radical (unpaired) electrons. The van der Waals surface area contributed by atoms with Gasteiger partial charge in [0.15, 0.2) is 0 Å². The van der Waals surface area contributed by atoms with E-state index in [0.29, 0.717) is 0 Å². The molecule has 0 amide bonds. The lowest BCUT2D eigenvalue weighted by Crippen LogP contribution is -2.11. The van der Waals surface area contributed by atoms with Crippen molar-refractivity contribution >= 4 is 37.9 Å². The highest BCUT2D eigenvalue weighted by Crippen LogP contribution is 2.47. The van der Waals surface area contributed by atoms with Crippen molar-refractivity contribution in [1.82, 2.24) is 9.97 Å². The zero-order valence-corrected chi connectivity index (χ0v) is 27.3. The molecule has 0 saturated carbocycles. The Morgan fingerprint density at radius 1 is 0.490 bits per heavy atom. The maximum Gasteiger partial charge on any atom is 0.0701 e. The van der Waals surface area contributed by atoms with E-state index in [9.17, 15) is 0 Å². The molecular weight excluding hydrogens is 593 g/mol. The summed E-state index contributed by atoms with van der Waals surface area (Å²) in [6.07, 6.45) is 10.8. The lowest BCUT2D eigenvalue weighted by atomic mass is 9.76. The fraction of sp³-hybridized carbons (Fsp3) is 0.0638. The van der Waals surface area contributed by atoms with Crippen LogP contribution < -0.4 is 0 Å². The molecule has 2 heteroatoms. The zero-order valence-electron chi connectivity index (χ0n) is 27.3. The average Bonchev–Trinajstić information content (AvgIpc) is 3.17. The van der Waals surface area contributed by atoms with Gasteiger partial charge in [0.2, 0.25) is 0 Å². The molecular formula is C47H34N2. The highest BCUT2D eigenvalue weighted by Gasteiger charge is 2.26. The summed E-state index contributed by atoms with van der Waals surface area (Å²) >= 11 is 0. The van der Waals surface area contributed by atoms with Crippen LogP contribution in [-0.2, 0) is 0 Å². The molecule has 9 rings (SSSR count). The van der Waals surface area contributed by atoms with Crippen LogP contribution in [0.5, 0.6) is 0 Å². The summed E-state index contributed by atoms with van der Waals surface area (Å²) in [7, 11) is 0. The van der Waals surface area contributed by atoms with E-state index in [1.54, 1.807) is 0 Å². The zero-order chi connectivity index (χ0) is 32.7. The number of nitrogens with zero attached hydrogens (tertiary/aromatic N) is 2. The highest BCUT2D eigenvalue weighted by atomic mass is 14.7. The predicted molar refractivity (Wildman–Crippen MR) is 206 cm³/mol. The first-order valence-corrected chi connectivity index (χ1v) is 17.0. The van der Waals surface area contributed by atoms with E-state index in [-0.39, 0.29) is 11.8 Å². The van der Waals surface area contributed by atoms with E-state index < -0.39 is 0 Å². The van der Waals surface area contributed by atoms with E-state index in [1.165, 1.54) is 65.7 Å². The maximum absolute atomic E-state index is 4.65. The van der Waals surface area contributed by atoms with Crippen molar-refractivity contribution in [3.63, 3.8) is 0 Å². The van der Waals surface area contributed by atoms with Crippen molar-refractivity contribution < 1.29 is 0 Å². The van der Waals surface area contributed by atoms with Crippen LogP contribution in [0.15, 0.2) is 176 Å². The third-order valence-corrected chi connectivity index (χ3v) is 10.1. The molecule has 0 spiro atoms. The molecule has 0 saturated heterocycles. The molecule has 2 aromatic heterocycles. The van der Waals surface area contributed by atoms with Gasteiger partial charge in [0, 0.05) is 23.9 Å². The first kappa shape index (κ1) is 29.1. The SMILES string of the molecule is CC1C=C(c2ccccn2)C=CC1c1c2ccccc2c(-c2ccc(-c3ccccn3)cc2)c2ccc(-c3cccc4ccccc34)cc12. The second-order valence-corrected chi connectivity index (χ2v) is 13.0. The van der Waals surface area contributed by atoms with Gasteiger partial charge in [0.05, 0.1) is 11.4 Å². The number of fused-ring (bicyclic) bond motifs is 3. The number of allylic oxidation sites excluding steroid dienone is 4. The summed E-state index contributed by atoms with van der Waals surface area (Å²) in [4.78, 5) is 9.24. The van der Waals surface area contributed by atoms with Crippen molar-refractivity contribution in [2.24, 2.45) is 5.92 Å². The summed E-state index contributed by atoms with van der Waals surface area (Å²) in [5, 5.41) is 7.65. The number of hydrogen-bond acceptors (Lipinski definition) is 2. The lowest BCUT2D eigenvalue weighted by molar-refractivity contribution is 0.645. The van der Waals surface area contributed by atoms with Crippen LogP contribution in [0, 0.1) is 5.92 Å². The lowest BCUT2D eigenvalue weighted by Gasteiger charge is -2.28. The van der Waals surface area contributed by atoms with Crippen LogP contribution in [0.25, 0.3) is 71.4 Å². The van der Waals surface area contributed by atoms with Crippen LogP contribution >= 0.6 is 0 Å². The summed E-state index contributed by atoms with van der Waals surface area (Å²) in [5.41, 5.74) is 10.6. The molecule has 2 unspecified atom stereocenters. The third kappa shape index (κ3) is 5.14. The topological polar surface area (TPSA) is 25.8 Å². The van der Waals surface area contributed by atoms with E-state index >= 15 is 0 Å². The Morgan fingerprint density at radius 3 is 1.88 bits per heavy atom. The van der Waals surface area contributed by atoms with Gasteiger partial charge in [0.25, 0.3) is 0 Å². The first-order chi connectivity index (χ1) is 24.2. The molecule has 0 aliphatic heterocycles. The van der Waals surface area contributed by atoms with Crippen molar-refractivity contribution in [1.29, 1.82) is 0 Å². The normalized spacial score (nSPS) is 15.9. The first-order valence-electron chi connectivity index (χ1n) is 17.0. The number of pyridine rings is 2. The fourth-order valence-electron chi connectivity index (χ4n) is 7.76. The third-order valence-electron chi connectivity index (χ3n) is 10.1. The van der Waals surface area contributed by atoms with Gasteiger partial charge in [0.1, 0.15) is 0 Å². The van der Waals surface area contributed by atoms with Crippen molar-refractivity contribution in [2.75, 3.05) is 0 Å². The number of aromatic nitrogens is 2. The van der Waals surface area contributed by atoms with Gasteiger partial charge in [-0.1, -0.05) is 140 Å². The van der Waals surface area contributed by atoms with Crippen LogP contribution in [0.2, 0.25) is 0 Å². The number of benzene rings is 6. The molecule has 8 aromatic rings. The van der Waals surface area contributed by atoms with E-state index in [4.69, 9.17) is 0 Å². The molecule has 2 atom stereocenters. The molecule has 1 aliphatic rings. The largest absolute Gasteiger partial charge is 0.256 e. The van der Waals surface area contributed by atoms with Gasteiger partial charge < -0.3 is 0 Å². The summed E-state index contributed by atoms with van der Waals surface area (Å²) in [6, 6.07) is 52.5. The molecule has 6 aromatic carbocycles. The molecule has 1 aliphatic carbocycles. The standard InChI is InChI=1S/C47H34N2/c1-31-29-36(45-18-7-9-28-49-45)24-25-37(31)47-41-15-5-4-14-40(41)46(34-21-19-33(20-22-34)44-17-6-8-27-48-44)42-26-23-35(30-43(42)47)39-16-10-12-32-11-2-3-13-38(32)39/h2-31,37H,1H3. The van der Waals surface area contributed by atoms with Crippen LogP contribution in [0.3, 0.4) is 0 Å². The Labute approximate surface area is 286 Å². The minimum Gasteiger partial charge on any atom is -0.256 e. The molecule has 2 nitrogen and oxygen atoms in total. The Kier molecular flexibility index (Phi) is 7.21. The van der Waals surface area contributed by atoms with Gasteiger partial charge in [-0.2, -0.15) is 0 Å². The maximum atomic E-state index is 4.65. The molecule has 0 N–H and O–H groups in total. The summed E-state index contributed by atoms with van der Waals surface area (Å²) < 4.78 is 0. The van der Waals surface area contributed by atoms with Gasteiger partial charge in [-0.15, -0.1) is 0 Å². The number of hydrogen-bond donors (Lipinski definition) is 0. The molecule has 232 valence electrons. The predicted octanol–water partition coefficient (Wildman–Crippen LogP) is 12.3. The van der Waals surface area contributed by atoms with E-state index in [0.717, 1.165) is 17.0 Å². The van der Waals surface area contributed by atoms with Crippen molar-refractivity contribution in [3.8, 4) is 33.5 Å².